The van der Waals surface area contributed by atoms with E-state index in [0.29, 0.717) is 12.8 Å². The molecule has 0 aliphatic carbocycles. The number of aliphatic carboxylic acids is 1. The molecule has 1 amide bonds. The lowest BCUT2D eigenvalue weighted by atomic mass is 10.1. The van der Waals surface area contributed by atoms with Crippen molar-refractivity contribution in [3.05, 3.63) is 12.2 Å². The predicted octanol–water partition coefficient (Wildman–Crippen LogP) is 0.108. The lowest BCUT2D eigenvalue weighted by Crippen LogP contribution is -2.52. The zero-order valence-corrected chi connectivity index (χ0v) is 9.00. The van der Waals surface area contributed by atoms with Gasteiger partial charge in [0.05, 0.1) is 6.04 Å². The Morgan fingerprint density at radius 1 is 1.38 bits per heavy atom. The number of hydrogen-bond acceptors (Lipinski definition) is 3. The number of nitrogens with two attached hydrogens (primary N) is 1. The highest BCUT2D eigenvalue weighted by molar-refractivity contribution is 5.88. The Balaban J connectivity index is 2.26. The van der Waals surface area contributed by atoms with E-state index in [9.17, 15) is 9.59 Å². The molecule has 0 radical (unpaired) electrons. The molecular formula is C11H16N2O3. The zero-order chi connectivity index (χ0) is 11.7. The summed E-state index contributed by atoms with van der Waals surface area (Å²) in [4.78, 5) is 24.5. The van der Waals surface area contributed by atoms with Gasteiger partial charge in [-0.25, -0.2) is 4.79 Å². The number of nitrogens with zero attached hydrogens (tertiary/aromatic N) is 1. The summed E-state index contributed by atoms with van der Waals surface area (Å²) >= 11 is 0. The van der Waals surface area contributed by atoms with Gasteiger partial charge in [0.2, 0.25) is 5.91 Å². The van der Waals surface area contributed by atoms with Crippen molar-refractivity contribution in [2.24, 2.45) is 5.73 Å². The summed E-state index contributed by atoms with van der Waals surface area (Å²) in [5.41, 5.74) is 5.73. The second-order valence-electron chi connectivity index (χ2n) is 4.38. The first-order chi connectivity index (χ1) is 7.61. The number of carbonyl (C=O) groups excluding carboxylic acids is 1. The molecule has 2 aliphatic heterocycles. The molecule has 0 aromatic heterocycles. The summed E-state index contributed by atoms with van der Waals surface area (Å²) in [7, 11) is 0. The maximum atomic E-state index is 12.0. The summed E-state index contributed by atoms with van der Waals surface area (Å²) in [5.74, 6) is -1.15. The van der Waals surface area contributed by atoms with Crippen molar-refractivity contribution in [2.45, 2.75) is 43.8 Å². The van der Waals surface area contributed by atoms with Crippen LogP contribution < -0.4 is 5.73 Å². The predicted molar refractivity (Wildman–Crippen MR) is 57.6 cm³/mol. The minimum absolute atomic E-state index is 0.0104. The molecule has 0 saturated carbocycles. The third-order valence-electron chi connectivity index (χ3n) is 3.32. The molecule has 3 atom stereocenters. The maximum absolute atomic E-state index is 12.0. The summed E-state index contributed by atoms with van der Waals surface area (Å²) < 4.78 is 0. The van der Waals surface area contributed by atoms with Crippen LogP contribution in [0.1, 0.15) is 25.7 Å². The average Bonchev–Trinajstić information content (AvgIpc) is 2.64. The Hall–Kier alpha value is -1.36. The van der Waals surface area contributed by atoms with Gasteiger partial charge in [0.1, 0.15) is 6.04 Å². The van der Waals surface area contributed by atoms with E-state index in [2.05, 4.69) is 0 Å². The molecule has 5 nitrogen and oxygen atoms in total. The molecule has 16 heavy (non-hydrogen) atoms. The van der Waals surface area contributed by atoms with Crippen LogP contribution in [0.4, 0.5) is 0 Å². The Morgan fingerprint density at radius 2 is 2.06 bits per heavy atom. The minimum Gasteiger partial charge on any atom is -0.480 e. The highest BCUT2D eigenvalue weighted by Gasteiger charge is 2.42. The number of rotatable bonds is 1. The molecule has 3 N–H and O–H groups in total. The Bertz CT molecular complexity index is 340. The molecule has 2 aliphatic rings. The van der Waals surface area contributed by atoms with Crippen molar-refractivity contribution in [1.82, 2.24) is 4.90 Å². The molecule has 1 saturated heterocycles. The molecule has 2 rings (SSSR count). The van der Waals surface area contributed by atoms with Crippen molar-refractivity contribution in [1.29, 1.82) is 0 Å². The SMILES string of the molecule is N[C@H]1C/C=C\C[C@@H]2CC[C@@H](C(=O)O)N2C1=O. The van der Waals surface area contributed by atoms with E-state index in [1.165, 1.54) is 4.90 Å². The molecule has 0 unspecified atom stereocenters. The van der Waals surface area contributed by atoms with Gasteiger partial charge in [-0.15, -0.1) is 0 Å². The van der Waals surface area contributed by atoms with Crippen LogP contribution >= 0.6 is 0 Å². The summed E-state index contributed by atoms with van der Waals surface area (Å²) in [6, 6.07) is -1.27. The normalized spacial score (nSPS) is 36.4. The fraction of sp³-hybridized carbons (Fsp3) is 0.636. The standard InChI is InChI=1S/C11H16N2O3/c12-8-4-2-1-3-7-5-6-9(11(15)16)13(7)10(8)14/h1-2,7-9H,3-6,12H2,(H,15,16)/b2-1-/t7-,8+,9+/m1/s1. The van der Waals surface area contributed by atoms with E-state index >= 15 is 0 Å². The second kappa shape index (κ2) is 4.25. The molecule has 0 spiro atoms. The van der Waals surface area contributed by atoms with Crippen LogP contribution in [0.25, 0.3) is 0 Å². The quantitative estimate of drug-likeness (QED) is 0.619. The average molecular weight is 224 g/mol. The molecular weight excluding hydrogens is 208 g/mol. The van der Waals surface area contributed by atoms with E-state index in [1.807, 2.05) is 12.2 Å². The van der Waals surface area contributed by atoms with Crippen LogP contribution in [0.15, 0.2) is 12.2 Å². The second-order valence-corrected chi connectivity index (χ2v) is 4.38. The zero-order valence-electron chi connectivity index (χ0n) is 9.00. The van der Waals surface area contributed by atoms with Crippen molar-refractivity contribution in [2.75, 3.05) is 0 Å². The maximum Gasteiger partial charge on any atom is 0.326 e. The Kier molecular flexibility index (Phi) is 2.96. The molecule has 5 heteroatoms. The van der Waals surface area contributed by atoms with Crippen LogP contribution in [0.3, 0.4) is 0 Å². The van der Waals surface area contributed by atoms with E-state index in [4.69, 9.17) is 10.8 Å². The van der Waals surface area contributed by atoms with Crippen LogP contribution in [0, 0.1) is 0 Å². The number of carboxylic acid groups (broad SMARTS) is 1. The van der Waals surface area contributed by atoms with E-state index < -0.39 is 18.1 Å². The Labute approximate surface area is 93.9 Å². The number of carboxylic acids is 1. The lowest BCUT2D eigenvalue weighted by molar-refractivity contribution is -0.150. The first-order valence-corrected chi connectivity index (χ1v) is 5.57. The lowest BCUT2D eigenvalue weighted by Gasteiger charge is -2.31. The van der Waals surface area contributed by atoms with Gasteiger partial charge >= 0.3 is 5.97 Å². The van der Waals surface area contributed by atoms with Gasteiger partial charge in [-0.1, -0.05) is 12.2 Å². The largest absolute Gasteiger partial charge is 0.480 e. The fourth-order valence-electron chi connectivity index (χ4n) is 2.48. The topological polar surface area (TPSA) is 83.6 Å². The van der Waals surface area contributed by atoms with Gasteiger partial charge in [-0.3, -0.25) is 4.79 Å². The van der Waals surface area contributed by atoms with Crippen molar-refractivity contribution in [3.63, 3.8) is 0 Å². The Morgan fingerprint density at radius 3 is 2.75 bits per heavy atom. The summed E-state index contributed by atoms with van der Waals surface area (Å²) in [6.45, 7) is 0. The van der Waals surface area contributed by atoms with Crippen molar-refractivity contribution in [3.8, 4) is 0 Å². The van der Waals surface area contributed by atoms with E-state index in [-0.39, 0.29) is 11.9 Å². The first-order valence-electron chi connectivity index (χ1n) is 5.57. The number of carbonyl (C=O) groups is 2. The third kappa shape index (κ3) is 1.82. The highest BCUT2D eigenvalue weighted by Crippen LogP contribution is 2.29. The molecule has 0 aromatic rings. The van der Waals surface area contributed by atoms with Gasteiger partial charge in [0.15, 0.2) is 0 Å². The van der Waals surface area contributed by atoms with Crippen LogP contribution in [0.2, 0.25) is 0 Å². The molecule has 0 bridgehead atoms. The first kappa shape index (κ1) is 11.1. The summed E-state index contributed by atoms with van der Waals surface area (Å²) in [5, 5.41) is 9.07. The molecule has 0 aromatic carbocycles. The van der Waals surface area contributed by atoms with Gasteiger partial charge < -0.3 is 15.7 Å². The van der Waals surface area contributed by atoms with Crippen LogP contribution in [-0.4, -0.2) is 40.0 Å². The number of hydrogen-bond donors (Lipinski definition) is 2. The molecule has 88 valence electrons. The van der Waals surface area contributed by atoms with E-state index in [1.54, 1.807) is 0 Å². The van der Waals surface area contributed by atoms with E-state index in [0.717, 1.165) is 12.8 Å². The van der Waals surface area contributed by atoms with Crippen LogP contribution in [0.5, 0.6) is 0 Å². The number of fused-ring (bicyclic) bond motifs is 1. The van der Waals surface area contributed by atoms with Gasteiger partial charge in [-0.2, -0.15) is 0 Å². The smallest absolute Gasteiger partial charge is 0.326 e. The van der Waals surface area contributed by atoms with Crippen LogP contribution in [-0.2, 0) is 9.59 Å². The fourth-order valence-corrected chi connectivity index (χ4v) is 2.48. The third-order valence-corrected chi connectivity index (χ3v) is 3.32. The van der Waals surface area contributed by atoms with Crippen molar-refractivity contribution < 1.29 is 14.7 Å². The number of amides is 1. The van der Waals surface area contributed by atoms with Gasteiger partial charge in [0.25, 0.3) is 0 Å². The summed E-state index contributed by atoms with van der Waals surface area (Å²) in [6.07, 6.45) is 6.42. The highest BCUT2D eigenvalue weighted by atomic mass is 16.4. The van der Waals surface area contributed by atoms with Gasteiger partial charge in [0, 0.05) is 6.04 Å². The monoisotopic (exact) mass is 224 g/mol. The molecule has 1 fully saturated rings. The molecule has 2 heterocycles. The van der Waals surface area contributed by atoms with Gasteiger partial charge in [-0.05, 0) is 25.7 Å². The minimum atomic E-state index is -0.924. The van der Waals surface area contributed by atoms with Crippen molar-refractivity contribution >= 4 is 11.9 Å².